The Morgan fingerprint density at radius 2 is 1.75 bits per heavy atom. The number of carbonyl (C=O) groups is 2. The lowest BCUT2D eigenvalue weighted by molar-refractivity contribution is -0.299. The molecule has 1 aliphatic heterocycles. The van der Waals surface area contributed by atoms with Gasteiger partial charge in [0.1, 0.15) is 17.5 Å². The number of ether oxygens (including phenoxy) is 2. The Hall–Kier alpha value is -4.67. The Balaban J connectivity index is 1.96. The maximum atomic E-state index is 15.1. The number of alkyl halides is 6. The molecule has 17 heteroatoms. The summed E-state index contributed by atoms with van der Waals surface area (Å²) in [6.07, 6.45) is -9.91. The molecular weight excluding hydrogens is 650 g/mol. The molecule has 0 fully saturated rings. The topological polar surface area (TPSA) is 132 Å². The highest BCUT2D eigenvalue weighted by Crippen LogP contribution is 2.47. The van der Waals surface area contributed by atoms with E-state index in [0.717, 1.165) is 4.90 Å². The highest BCUT2D eigenvalue weighted by atomic mass is 19.4. The van der Waals surface area contributed by atoms with E-state index >= 15 is 13.2 Å². The van der Waals surface area contributed by atoms with Crippen LogP contribution in [0.1, 0.15) is 57.1 Å². The van der Waals surface area contributed by atoms with Gasteiger partial charge in [0, 0.05) is 14.1 Å². The fraction of sp³-hybridized carbons (Fsp3) is 0.452. The molecule has 4 bridgehead atoms. The van der Waals surface area contributed by atoms with Crippen molar-refractivity contribution in [2.24, 2.45) is 0 Å². The lowest BCUT2D eigenvalue weighted by Gasteiger charge is -2.32. The van der Waals surface area contributed by atoms with Crippen LogP contribution in [0, 0.1) is 0 Å². The van der Waals surface area contributed by atoms with E-state index in [0.29, 0.717) is 11.6 Å². The number of hydrogen-bond acceptors (Lipinski definition) is 9. The van der Waals surface area contributed by atoms with E-state index in [1.54, 1.807) is 30.3 Å². The van der Waals surface area contributed by atoms with Gasteiger partial charge in [0.2, 0.25) is 11.5 Å². The van der Waals surface area contributed by atoms with Crippen molar-refractivity contribution in [2.45, 2.75) is 76.2 Å². The van der Waals surface area contributed by atoms with Crippen molar-refractivity contribution >= 4 is 23.5 Å². The molecule has 2 N–H and O–H groups in total. The molecule has 2 atom stereocenters. The van der Waals surface area contributed by atoms with Crippen LogP contribution in [-0.2, 0) is 32.7 Å². The van der Waals surface area contributed by atoms with E-state index in [-0.39, 0.29) is 12.8 Å². The molecule has 4 rings (SSSR count). The number of nitrogens with zero attached hydrogens (tertiary/aromatic N) is 4. The number of benzene rings is 1. The predicted octanol–water partition coefficient (Wildman–Crippen LogP) is 7.08. The van der Waals surface area contributed by atoms with Crippen LogP contribution in [0.15, 0.2) is 53.0 Å². The van der Waals surface area contributed by atoms with Crippen molar-refractivity contribution in [2.75, 3.05) is 24.7 Å². The Morgan fingerprint density at radius 1 is 1.06 bits per heavy atom. The highest BCUT2D eigenvalue weighted by Gasteiger charge is 2.61. The minimum atomic E-state index is -5.13. The Kier molecular flexibility index (Phi) is 10.4. The standard InChI is InChI=1S/C31H34F6N6O5/c1-28(2,3)48-27(45)39-21-16-19(30(32,33)34)23-38-20(25(44)43(4)5)14-10-7-11-15-29(31(35,36)37,46-17-18-12-8-6-9-13-18)26-42-41-24(47-26)22(21)40-23/h6-10,12-13,16,20H,11,14-15,17H2,1-5H3,(H,38,40)(H,39,45)/b10-7-. The lowest BCUT2D eigenvalue weighted by Crippen LogP contribution is -2.45. The van der Waals surface area contributed by atoms with Crippen LogP contribution < -0.4 is 10.6 Å². The molecule has 2 amide bonds. The van der Waals surface area contributed by atoms with Gasteiger partial charge in [0.05, 0.1) is 17.9 Å². The van der Waals surface area contributed by atoms with E-state index in [4.69, 9.17) is 13.9 Å². The van der Waals surface area contributed by atoms with Gasteiger partial charge in [-0.25, -0.2) is 9.78 Å². The van der Waals surface area contributed by atoms with E-state index in [2.05, 4.69) is 25.8 Å². The first-order valence-corrected chi connectivity index (χ1v) is 14.6. The molecule has 1 aliphatic rings. The van der Waals surface area contributed by atoms with Crippen LogP contribution in [0.5, 0.6) is 0 Å². The number of allylic oxidation sites excluding steroid dienone is 1. The summed E-state index contributed by atoms with van der Waals surface area (Å²) in [5, 5.41) is 12.0. The summed E-state index contributed by atoms with van der Waals surface area (Å²) in [5.41, 5.74) is -6.54. The largest absolute Gasteiger partial charge is 0.444 e. The first kappa shape index (κ1) is 36.2. The number of rotatable bonds is 5. The number of likely N-dealkylation sites (N-methyl/N-ethyl adjacent to an activating group) is 1. The van der Waals surface area contributed by atoms with Gasteiger partial charge in [-0.2, -0.15) is 26.3 Å². The monoisotopic (exact) mass is 684 g/mol. The van der Waals surface area contributed by atoms with Crippen molar-refractivity contribution in [3.8, 4) is 11.6 Å². The smallest absolute Gasteiger partial charge is 0.426 e. The van der Waals surface area contributed by atoms with Gasteiger partial charge in [-0.05, 0) is 51.7 Å². The number of hydrogen-bond donors (Lipinski definition) is 2. The third kappa shape index (κ3) is 8.42. The van der Waals surface area contributed by atoms with E-state index in [1.165, 1.54) is 47.0 Å². The average molecular weight is 685 g/mol. The fourth-order valence-corrected chi connectivity index (χ4v) is 4.69. The van der Waals surface area contributed by atoms with Crippen molar-refractivity contribution in [3.05, 3.63) is 65.6 Å². The Morgan fingerprint density at radius 3 is 2.35 bits per heavy atom. The molecule has 0 saturated carbocycles. The number of pyridine rings is 1. The van der Waals surface area contributed by atoms with Crippen molar-refractivity contribution in [1.29, 1.82) is 0 Å². The Bertz CT molecular complexity index is 1640. The summed E-state index contributed by atoms with van der Waals surface area (Å²) in [6.45, 7) is 4.02. The number of fused-ring (bicyclic) bond motifs is 5. The van der Waals surface area contributed by atoms with Gasteiger partial charge in [0.15, 0.2) is 5.69 Å². The number of nitrogens with one attached hydrogen (secondary N) is 2. The minimum Gasteiger partial charge on any atom is -0.444 e. The molecule has 2 aromatic heterocycles. The summed E-state index contributed by atoms with van der Waals surface area (Å²) in [4.78, 5) is 30.9. The summed E-state index contributed by atoms with van der Waals surface area (Å²) in [7, 11) is 2.77. The average Bonchev–Trinajstić information content (AvgIpc) is 3.46. The maximum absolute atomic E-state index is 15.1. The summed E-state index contributed by atoms with van der Waals surface area (Å²) in [5.74, 6) is -3.32. The van der Waals surface area contributed by atoms with Crippen LogP contribution in [-0.4, -0.2) is 64.0 Å². The van der Waals surface area contributed by atoms with E-state index < -0.39 is 89.2 Å². The first-order chi connectivity index (χ1) is 22.3. The minimum absolute atomic E-state index is 0.217. The van der Waals surface area contributed by atoms with Gasteiger partial charge < -0.3 is 24.1 Å². The van der Waals surface area contributed by atoms with E-state index in [1.807, 2.05) is 0 Å². The molecule has 2 unspecified atom stereocenters. The summed E-state index contributed by atoms with van der Waals surface area (Å²) in [6, 6.07) is 7.19. The molecule has 3 aromatic rings. The first-order valence-electron chi connectivity index (χ1n) is 14.6. The third-order valence-electron chi connectivity index (χ3n) is 6.97. The molecule has 1 aromatic carbocycles. The van der Waals surface area contributed by atoms with Crippen LogP contribution in [0.4, 0.5) is 42.6 Å². The normalized spacial score (nSPS) is 19.4. The number of amides is 2. The molecule has 0 spiro atoms. The van der Waals surface area contributed by atoms with Crippen LogP contribution in [0.2, 0.25) is 0 Å². The lowest BCUT2D eigenvalue weighted by atomic mass is 9.95. The molecule has 0 aliphatic carbocycles. The summed E-state index contributed by atoms with van der Waals surface area (Å²) < 4.78 is 105. The van der Waals surface area contributed by atoms with Gasteiger partial charge in [0.25, 0.3) is 11.8 Å². The predicted molar refractivity (Wildman–Crippen MR) is 160 cm³/mol. The quantitative estimate of drug-likeness (QED) is 0.214. The number of halogens is 6. The number of carbonyl (C=O) groups excluding carboxylic acids is 2. The molecule has 3 heterocycles. The zero-order valence-corrected chi connectivity index (χ0v) is 26.6. The van der Waals surface area contributed by atoms with Crippen LogP contribution in [0.3, 0.4) is 0 Å². The third-order valence-corrected chi connectivity index (χ3v) is 6.97. The summed E-state index contributed by atoms with van der Waals surface area (Å²) >= 11 is 0. The second-order valence-electron chi connectivity index (χ2n) is 12.1. The maximum Gasteiger partial charge on any atom is 0.426 e. The van der Waals surface area contributed by atoms with Crippen molar-refractivity contribution in [1.82, 2.24) is 20.1 Å². The van der Waals surface area contributed by atoms with Gasteiger partial charge in [-0.15, -0.1) is 10.2 Å². The second kappa shape index (κ2) is 13.8. The molecular formula is C31H34F6N6O5. The molecule has 0 radical (unpaired) electrons. The van der Waals surface area contributed by atoms with Gasteiger partial charge >= 0.3 is 18.4 Å². The van der Waals surface area contributed by atoms with Gasteiger partial charge in [-0.1, -0.05) is 42.5 Å². The number of anilines is 2. The number of aromatic nitrogens is 3. The zero-order chi connectivity index (χ0) is 35.5. The van der Waals surface area contributed by atoms with Gasteiger partial charge in [-0.3, -0.25) is 10.1 Å². The SMILES string of the molecule is CN(C)C(=O)C1C/C=C\CCC(OCc2ccccc2)(C(F)(F)F)c2nnc(o2)-c2nc(c(C(F)(F)F)cc2NC(=O)OC(C)(C)C)N1. The van der Waals surface area contributed by atoms with Crippen molar-refractivity contribution < 1.29 is 49.8 Å². The molecule has 48 heavy (non-hydrogen) atoms. The molecule has 0 saturated heterocycles. The molecule has 260 valence electrons. The van der Waals surface area contributed by atoms with E-state index in [9.17, 15) is 22.8 Å². The zero-order valence-electron chi connectivity index (χ0n) is 26.6. The van der Waals surface area contributed by atoms with Crippen LogP contribution in [0.25, 0.3) is 11.6 Å². The molecule has 11 nitrogen and oxygen atoms in total. The second-order valence-corrected chi connectivity index (χ2v) is 12.1. The highest BCUT2D eigenvalue weighted by molar-refractivity contribution is 5.91. The fourth-order valence-electron chi connectivity index (χ4n) is 4.69. The van der Waals surface area contributed by atoms with Crippen molar-refractivity contribution in [3.63, 3.8) is 0 Å². The Labute approximate surface area is 271 Å². The van der Waals surface area contributed by atoms with Crippen LogP contribution >= 0.6 is 0 Å².